The zero-order valence-corrected chi connectivity index (χ0v) is 10.8. The van der Waals surface area contributed by atoms with Gasteiger partial charge in [-0.2, -0.15) is 0 Å². The number of aliphatic hydroxyl groups is 1. The number of hydrogen-bond donors (Lipinski definition) is 2. The van der Waals surface area contributed by atoms with Gasteiger partial charge in [0.25, 0.3) is 0 Å². The average molecular weight is 259 g/mol. The Bertz CT molecular complexity index is 586. The molecule has 2 rings (SSSR count). The van der Waals surface area contributed by atoms with Gasteiger partial charge in [0.1, 0.15) is 6.04 Å². The van der Waals surface area contributed by atoms with Gasteiger partial charge in [-0.25, -0.2) is 0 Å². The molecule has 0 spiro atoms. The van der Waals surface area contributed by atoms with Gasteiger partial charge in [-0.05, 0) is 23.8 Å². The molecule has 100 valence electrons. The van der Waals surface area contributed by atoms with Crippen LogP contribution in [-0.4, -0.2) is 40.6 Å². The van der Waals surface area contributed by atoms with Crippen molar-refractivity contribution in [3.05, 3.63) is 42.1 Å². The van der Waals surface area contributed by atoms with Crippen LogP contribution in [0.3, 0.4) is 0 Å². The van der Waals surface area contributed by atoms with Gasteiger partial charge >= 0.3 is 0 Å². The molecule has 5 nitrogen and oxygen atoms in total. The van der Waals surface area contributed by atoms with E-state index in [0.717, 1.165) is 16.5 Å². The van der Waals surface area contributed by atoms with Crippen molar-refractivity contribution in [2.45, 2.75) is 12.6 Å². The fourth-order valence-electron chi connectivity index (χ4n) is 1.94. The number of rotatable bonds is 4. The minimum absolute atomic E-state index is 0.270. The highest BCUT2D eigenvalue weighted by molar-refractivity contribution is 5.82. The zero-order chi connectivity index (χ0) is 13.8. The Hall–Kier alpha value is -1.98. The predicted molar refractivity (Wildman–Crippen MR) is 73.3 cm³/mol. The molecule has 1 amide bonds. The van der Waals surface area contributed by atoms with Crippen LogP contribution >= 0.6 is 0 Å². The summed E-state index contributed by atoms with van der Waals surface area (Å²) in [5.74, 6) is -0.270. The molecular formula is C14H17N3O2. The number of nitrogens with two attached hydrogens (primary N) is 1. The van der Waals surface area contributed by atoms with Gasteiger partial charge in [-0.15, -0.1) is 0 Å². The van der Waals surface area contributed by atoms with E-state index in [2.05, 4.69) is 4.98 Å². The molecule has 5 heteroatoms. The van der Waals surface area contributed by atoms with E-state index in [-0.39, 0.29) is 12.5 Å². The smallest absolute Gasteiger partial charge is 0.241 e. The topological polar surface area (TPSA) is 79.5 Å². The molecule has 1 aromatic carbocycles. The number of hydrogen-bond acceptors (Lipinski definition) is 4. The second-order valence-corrected chi connectivity index (χ2v) is 4.51. The van der Waals surface area contributed by atoms with Gasteiger partial charge in [0.2, 0.25) is 5.91 Å². The number of carbonyl (C=O) groups is 1. The molecule has 0 bridgehead atoms. The van der Waals surface area contributed by atoms with Crippen molar-refractivity contribution in [3.63, 3.8) is 0 Å². The standard InChI is InChI=1S/C14H17N3O2/c1-17(14(19)12(15)9-18)8-10-4-5-13-11(7-10)3-2-6-16-13/h2-7,12,18H,8-9,15H2,1H3/t12-/m0/s1. The van der Waals surface area contributed by atoms with Crippen LogP contribution < -0.4 is 5.73 Å². The highest BCUT2D eigenvalue weighted by atomic mass is 16.3. The fourth-order valence-corrected chi connectivity index (χ4v) is 1.94. The van der Waals surface area contributed by atoms with Gasteiger partial charge in [0, 0.05) is 25.2 Å². The van der Waals surface area contributed by atoms with E-state index in [4.69, 9.17) is 10.8 Å². The van der Waals surface area contributed by atoms with E-state index >= 15 is 0 Å². The first kappa shape index (κ1) is 13.5. The maximum absolute atomic E-state index is 11.8. The Balaban J connectivity index is 2.15. The maximum atomic E-state index is 11.8. The summed E-state index contributed by atoms with van der Waals surface area (Å²) in [6, 6.07) is 8.86. The number of benzene rings is 1. The number of nitrogens with zero attached hydrogens (tertiary/aromatic N) is 2. The summed E-state index contributed by atoms with van der Waals surface area (Å²) in [7, 11) is 1.67. The molecule has 0 saturated carbocycles. The second-order valence-electron chi connectivity index (χ2n) is 4.51. The highest BCUT2D eigenvalue weighted by Crippen LogP contribution is 2.14. The van der Waals surface area contributed by atoms with E-state index in [1.54, 1.807) is 13.2 Å². The van der Waals surface area contributed by atoms with Gasteiger partial charge in [0.05, 0.1) is 12.1 Å². The lowest BCUT2D eigenvalue weighted by atomic mass is 10.1. The Kier molecular flexibility index (Phi) is 4.09. The van der Waals surface area contributed by atoms with Crippen molar-refractivity contribution in [3.8, 4) is 0 Å². The Morgan fingerprint density at radius 3 is 3.00 bits per heavy atom. The van der Waals surface area contributed by atoms with Crippen molar-refractivity contribution in [2.75, 3.05) is 13.7 Å². The summed E-state index contributed by atoms with van der Waals surface area (Å²) < 4.78 is 0. The molecule has 0 unspecified atom stereocenters. The summed E-state index contributed by atoms with van der Waals surface area (Å²) in [6.45, 7) is 0.113. The quantitative estimate of drug-likeness (QED) is 0.838. The molecule has 3 N–H and O–H groups in total. The first-order valence-electron chi connectivity index (χ1n) is 6.07. The van der Waals surface area contributed by atoms with E-state index in [9.17, 15) is 4.79 Å². The maximum Gasteiger partial charge on any atom is 0.241 e. The van der Waals surface area contributed by atoms with Crippen LogP contribution in [0.4, 0.5) is 0 Å². The molecule has 19 heavy (non-hydrogen) atoms. The van der Waals surface area contributed by atoms with Crippen molar-refractivity contribution >= 4 is 16.8 Å². The summed E-state index contributed by atoms with van der Waals surface area (Å²) in [4.78, 5) is 17.5. The van der Waals surface area contributed by atoms with Gasteiger partial charge in [-0.1, -0.05) is 12.1 Å². The van der Waals surface area contributed by atoms with Crippen LogP contribution in [-0.2, 0) is 11.3 Å². The zero-order valence-electron chi connectivity index (χ0n) is 10.8. The lowest BCUT2D eigenvalue weighted by Gasteiger charge is -2.20. The Morgan fingerprint density at radius 1 is 1.47 bits per heavy atom. The number of amides is 1. The van der Waals surface area contributed by atoms with Crippen LogP contribution in [0.1, 0.15) is 5.56 Å². The molecular weight excluding hydrogens is 242 g/mol. The fraction of sp³-hybridized carbons (Fsp3) is 0.286. The summed E-state index contributed by atoms with van der Waals surface area (Å²) in [5, 5.41) is 9.92. The molecule has 0 aliphatic rings. The van der Waals surface area contributed by atoms with Crippen molar-refractivity contribution in [1.29, 1.82) is 0 Å². The van der Waals surface area contributed by atoms with Gasteiger partial charge in [0.15, 0.2) is 0 Å². The molecule has 1 aromatic heterocycles. The number of carbonyl (C=O) groups excluding carboxylic acids is 1. The number of aliphatic hydroxyl groups excluding tert-OH is 1. The normalized spacial score (nSPS) is 12.4. The van der Waals surface area contributed by atoms with Gasteiger partial charge in [-0.3, -0.25) is 9.78 Å². The SMILES string of the molecule is CN(Cc1ccc2ncccc2c1)C(=O)[C@@H](N)CO. The van der Waals surface area contributed by atoms with E-state index < -0.39 is 6.04 Å². The Labute approximate surface area is 111 Å². The minimum Gasteiger partial charge on any atom is -0.394 e. The van der Waals surface area contributed by atoms with E-state index in [1.807, 2.05) is 30.3 Å². The van der Waals surface area contributed by atoms with Gasteiger partial charge < -0.3 is 15.7 Å². The predicted octanol–water partition coefficient (Wildman–Crippen LogP) is 0.513. The average Bonchev–Trinajstić information content (AvgIpc) is 2.45. The van der Waals surface area contributed by atoms with E-state index in [1.165, 1.54) is 4.90 Å². The van der Waals surface area contributed by atoms with Crippen LogP contribution in [0, 0.1) is 0 Å². The molecule has 1 atom stereocenters. The third kappa shape index (κ3) is 3.07. The number of likely N-dealkylation sites (N-methyl/N-ethyl adjacent to an activating group) is 1. The van der Waals surface area contributed by atoms with Crippen molar-refractivity contribution in [2.24, 2.45) is 5.73 Å². The largest absolute Gasteiger partial charge is 0.394 e. The third-order valence-electron chi connectivity index (χ3n) is 2.98. The third-order valence-corrected chi connectivity index (χ3v) is 2.98. The number of fused-ring (bicyclic) bond motifs is 1. The minimum atomic E-state index is -0.855. The van der Waals surface area contributed by atoms with Crippen LogP contribution in [0.25, 0.3) is 10.9 Å². The Morgan fingerprint density at radius 2 is 2.26 bits per heavy atom. The summed E-state index contributed by atoms with van der Waals surface area (Å²) in [5.41, 5.74) is 7.44. The van der Waals surface area contributed by atoms with Crippen LogP contribution in [0.2, 0.25) is 0 Å². The first-order chi connectivity index (χ1) is 9.11. The van der Waals surface area contributed by atoms with Crippen molar-refractivity contribution in [1.82, 2.24) is 9.88 Å². The van der Waals surface area contributed by atoms with E-state index in [0.29, 0.717) is 6.54 Å². The monoisotopic (exact) mass is 259 g/mol. The molecule has 0 radical (unpaired) electrons. The number of aromatic nitrogens is 1. The molecule has 0 fully saturated rings. The lowest BCUT2D eigenvalue weighted by molar-refractivity contribution is -0.132. The van der Waals surface area contributed by atoms with Crippen molar-refractivity contribution < 1.29 is 9.90 Å². The molecule has 1 heterocycles. The molecule has 0 saturated heterocycles. The molecule has 0 aliphatic heterocycles. The molecule has 2 aromatic rings. The molecule has 0 aliphatic carbocycles. The van der Waals surface area contributed by atoms with Crippen LogP contribution in [0.15, 0.2) is 36.5 Å². The lowest BCUT2D eigenvalue weighted by Crippen LogP contribution is -2.43. The summed E-state index contributed by atoms with van der Waals surface area (Å²) in [6.07, 6.45) is 1.75. The highest BCUT2D eigenvalue weighted by Gasteiger charge is 2.17. The summed E-state index contributed by atoms with van der Waals surface area (Å²) >= 11 is 0. The first-order valence-corrected chi connectivity index (χ1v) is 6.07. The number of pyridine rings is 1. The second kappa shape index (κ2) is 5.77. The van der Waals surface area contributed by atoms with Crippen LogP contribution in [0.5, 0.6) is 0 Å².